The highest BCUT2D eigenvalue weighted by Gasteiger charge is 2.47. The number of hydrogen-bond acceptors (Lipinski definition) is 3. The lowest BCUT2D eigenvalue weighted by molar-refractivity contribution is -0.138. The van der Waals surface area contributed by atoms with Crippen LogP contribution in [0.15, 0.2) is 42.5 Å². The number of halogens is 5. The summed E-state index contributed by atoms with van der Waals surface area (Å²) in [4.78, 5) is 26.0. The molecule has 30 heavy (non-hydrogen) atoms. The van der Waals surface area contributed by atoms with Crippen molar-refractivity contribution in [2.75, 3.05) is 4.90 Å². The van der Waals surface area contributed by atoms with Crippen LogP contribution < -0.4 is 4.90 Å². The van der Waals surface area contributed by atoms with Crippen molar-refractivity contribution in [3.63, 3.8) is 0 Å². The Morgan fingerprint density at radius 2 is 1.77 bits per heavy atom. The number of nitrogens with zero attached hydrogens (tertiary/aromatic N) is 1. The van der Waals surface area contributed by atoms with Gasteiger partial charge in [0.1, 0.15) is 17.7 Å². The minimum Gasteiger partial charge on any atom is -0.445 e. The molecule has 0 aromatic heterocycles. The summed E-state index contributed by atoms with van der Waals surface area (Å²) in [6, 6.07) is 7.07. The predicted octanol–water partition coefficient (Wildman–Crippen LogP) is 5.42. The number of alkyl halides is 3. The largest absolute Gasteiger partial charge is 0.445 e. The molecule has 2 fully saturated rings. The molecule has 0 spiro atoms. The summed E-state index contributed by atoms with van der Waals surface area (Å²) in [6.07, 6.45) is -5.56. The lowest BCUT2D eigenvalue weighted by Crippen LogP contribution is -2.54. The summed E-state index contributed by atoms with van der Waals surface area (Å²) in [5, 5.41) is 0. The number of benzene rings is 2. The van der Waals surface area contributed by atoms with Crippen molar-refractivity contribution in [1.82, 2.24) is 0 Å². The molecule has 2 amide bonds. The molecule has 1 saturated carbocycles. The number of ether oxygens (including phenoxy) is 1. The molecular weight excluding hydrogens is 409 g/mol. The highest BCUT2D eigenvalue weighted by molar-refractivity contribution is 6.14. The van der Waals surface area contributed by atoms with E-state index in [1.54, 1.807) is 0 Å². The van der Waals surface area contributed by atoms with Gasteiger partial charge < -0.3 is 4.74 Å². The lowest BCUT2D eigenvalue weighted by Gasteiger charge is -2.41. The average molecular weight is 425 g/mol. The van der Waals surface area contributed by atoms with Gasteiger partial charge in [0.15, 0.2) is 0 Å². The molecule has 4 rings (SSSR count). The molecular formula is C21H16F5NO3. The van der Waals surface area contributed by atoms with Gasteiger partial charge in [-0.1, -0.05) is 12.1 Å². The monoisotopic (exact) mass is 425 g/mol. The summed E-state index contributed by atoms with van der Waals surface area (Å²) in [6.45, 7) is 0. The number of imide groups is 1. The lowest BCUT2D eigenvalue weighted by atomic mass is 9.75. The number of rotatable bonds is 2. The quantitative estimate of drug-likeness (QED) is 0.604. The molecule has 3 atom stereocenters. The van der Waals surface area contributed by atoms with E-state index in [4.69, 9.17) is 4.74 Å². The first-order valence-corrected chi connectivity index (χ1v) is 9.32. The van der Waals surface area contributed by atoms with E-state index >= 15 is 0 Å². The molecule has 0 N–H and O–H groups in total. The fourth-order valence-corrected chi connectivity index (χ4v) is 4.15. The van der Waals surface area contributed by atoms with Gasteiger partial charge in [0.2, 0.25) is 5.91 Å². The number of carbonyl (C=O) groups excluding carboxylic acids is 2. The second-order valence-electron chi connectivity index (χ2n) is 7.43. The fraction of sp³-hybridized carbons (Fsp3) is 0.333. The summed E-state index contributed by atoms with van der Waals surface area (Å²) in [5.74, 6) is -3.38. The van der Waals surface area contributed by atoms with Crippen molar-refractivity contribution in [2.24, 2.45) is 5.92 Å². The molecule has 2 aliphatic rings. The van der Waals surface area contributed by atoms with Crippen molar-refractivity contribution in [3.05, 3.63) is 65.2 Å². The van der Waals surface area contributed by atoms with Gasteiger partial charge in [-0.05, 0) is 55.0 Å². The van der Waals surface area contributed by atoms with Gasteiger partial charge in [0.25, 0.3) is 0 Å². The zero-order valence-electron chi connectivity index (χ0n) is 15.5. The van der Waals surface area contributed by atoms with Gasteiger partial charge in [-0.3, -0.25) is 4.79 Å². The van der Waals surface area contributed by atoms with Crippen LogP contribution in [0.2, 0.25) is 0 Å². The van der Waals surface area contributed by atoms with Crippen LogP contribution in [0.3, 0.4) is 0 Å². The number of carbonyl (C=O) groups is 2. The van der Waals surface area contributed by atoms with Crippen LogP contribution in [0.25, 0.3) is 0 Å². The van der Waals surface area contributed by atoms with Gasteiger partial charge in [0, 0.05) is 6.07 Å². The predicted molar refractivity (Wildman–Crippen MR) is 95.6 cm³/mol. The Bertz CT molecular complexity index is 1010. The Morgan fingerprint density at radius 1 is 1.00 bits per heavy atom. The van der Waals surface area contributed by atoms with E-state index in [2.05, 4.69) is 0 Å². The standard InChI is InChI=1S/C21H16F5NO3/c22-13-5-6-15(17(23)10-13)11-4-7-18-16(8-11)19(28)27(20(29)30-18)14-3-1-2-12(9-14)21(24,25)26/h1-3,5-6,9-11,16,18H,4,7-8H2. The van der Waals surface area contributed by atoms with Crippen LogP contribution in [0.1, 0.15) is 36.3 Å². The van der Waals surface area contributed by atoms with Crippen LogP contribution >= 0.6 is 0 Å². The van der Waals surface area contributed by atoms with Gasteiger partial charge >= 0.3 is 12.3 Å². The third-order valence-corrected chi connectivity index (χ3v) is 5.59. The number of fused-ring (bicyclic) bond motifs is 1. The highest BCUT2D eigenvalue weighted by atomic mass is 19.4. The first-order valence-electron chi connectivity index (χ1n) is 9.32. The molecule has 1 saturated heterocycles. The zero-order valence-corrected chi connectivity index (χ0v) is 15.5. The maximum absolute atomic E-state index is 14.2. The van der Waals surface area contributed by atoms with Gasteiger partial charge in [-0.15, -0.1) is 0 Å². The van der Waals surface area contributed by atoms with E-state index < -0.39 is 53.3 Å². The number of anilines is 1. The smallest absolute Gasteiger partial charge is 0.421 e. The molecule has 2 aromatic carbocycles. The summed E-state index contributed by atoms with van der Waals surface area (Å²) >= 11 is 0. The molecule has 0 bridgehead atoms. The molecule has 3 unspecified atom stereocenters. The van der Waals surface area contributed by atoms with E-state index in [1.807, 2.05) is 0 Å². The van der Waals surface area contributed by atoms with E-state index in [0.717, 1.165) is 24.3 Å². The van der Waals surface area contributed by atoms with Crippen LogP contribution in [-0.2, 0) is 15.7 Å². The second-order valence-corrected chi connectivity index (χ2v) is 7.43. The average Bonchev–Trinajstić information content (AvgIpc) is 2.68. The van der Waals surface area contributed by atoms with Crippen LogP contribution in [-0.4, -0.2) is 18.1 Å². The number of amides is 2. The van der Waals surface area contributed by atoms with Crippen molar-refractivity contribution in [1.29, 1.82) is 0 Å². The summed E-state index contributed by atoms with van der Waals surface area (Å²) < 4.78 is 71.8. The topological polar surface area (TPSA) is 46.6 Å². The van der Waals surface area contributed by atoms with Gasteiger partial charge in [0.05, 0.1) is 17.2 Å². The molecule has 1 aliphatic carbocycles. The maximum Gasteiger partial charge on any atom is 0.421 e. The van der Waals surface area contributed by atoms with Crippen LogP contribution in [0, 0.1) is 17.6 Å². The Morgan fingerprint density at radius 3 is 2.47 bits per heavy atom. The van der Waals surface area contributed by atoms with E-state index in [1.165, 1.54) is 12.1 Å². The van der Waals surface area contributed by atoms with Crippen molar-refractivity contribution < 1.29 is 36.3 Å². The zero-order chi connectivity index (χ0) is 21.6. The SMILES string of the molecule is O=C1OC2CCC(c3ccc(F)cc3F)CC2C(=O)N1c1cccc(C(F)(F)F)c1. The van der Waals surface area contributed by atoms with Crippen LogP contribution in [0.4, 0.5) is 32.4 Å². The van der Waals surface area contributed by atoms with Crippen molar-refractivity contribution >= 4 is 17.7 Å². The molecule has 158 valence electrons. The Labute approximate surface area is 168 Å². The van der Waals surface area contributed by atoms with Crippen molar-refractivity contribution in [2.45, 2.75) is 37.5 Å². The normalized spacial score (nSPS) is 24.4. The van der Waals surface area contributed by atoms with Gasteiger partial charge in [-0.25, -0.2) is 18.5 Å². The second kappa shape index (κ2) is 7.37. The molecule has 1 heterocycles. The van der Waals surface area contributed by atoms with Crippen molar-refractivity contribution in [3.8, 4) is 0 Å². The number of hydrogen-bond donors (Lipinski definition) is 0. The molecule has 1 aliphatic heterocycles. The summed E-state index contributed by atoms with van der Waals surface area (Å²) in [5.41, 5.74) is -0.990. The molecule has 4 nitrogen and oxygen atoms in total. The Kier molecular flexibility index (Phi) is 4.99. The first kappa shape index (κ1) is 20.3. The molecule has 9 heteroatoms. The Hall–Kier alpha value is -2.97. The van der Waals surface area contributed by atoms with Gasteiger partial charge in [-0.2, -0.15) is 13.2 Å². The molecule has 2 aromatic rings. The summed E-state index contributed by atoms with van der Waals surface area (Å²) in [7, 11) is 0. The first-order chi connectivity index (χ1) is 14.1. The third kappa shape index (κ3) is 3.64. The highest BCUT2D eigenvalue weighted by Crippen LogP contribution is 2.42. The van der Waals surface area contributed by atoms with E-state index in [9.17, 15) is 31.5 Å². The van der Waals surface area contributed by atoms with Crippen LogP contribution in [0.5, 0.6) is 0 Å². The maximum atomic E-state index is 14.2. The minimum atomic E-state index is -4.64. The fourth-order valence-electron chi connectivity index (χ4n) is 4.15. The minimum absolute atomic E-state index is 0.134. The van der Waals surface area contributed by atoms with E-state index in [0.29, 0.717) is 23.8 Å². The third-order valence-electron chi connectivity index (χ3n) is 5.59. The van der Waals surface area contributed by atoms with E-state index in [-0.39, 0.29) is 17.7 Å². The Balaban J connectivity index is 1.62. The molecule has 0 radical (unpaired) electrons.